The first-order valence-electron chi connectivity index (χ1n) is 9.68. The van der Waals surface area contributed by atoms with Crippen molar-refractivity contribution in [2.45, 2.75) is 58.3 Å². The van der Waals surface area contributed by atoms with Crippen molar-refractivity contribution in [3.05, 3.63) is 24.3 Å². The van der Waals surface area contributed by atoms with Crippen LogP contribution in [0.5, 0.6) is 0 Å². The highest BCUT2D eigenvalue weighted by molar-refractivity contribution is 5.81. The van der Waals surface area contributed by atoms with E-state index in [9.17, 15) is 9.59 Å². The second-order valence-corrected chi connectivity index (χ2v) is 8.02. The third-order valence-corrected chi connectivity index (χ3v) is 6.28. The number of unbranched alkanes of at least 4 members (excludes halogenated alkanes) is 1. The fourth-order valence-electron chi connectivity index (χ4n) is 4.66. The average Bonchev–Trinajstić information content (AvgIpc) is 3.42. The van der Waals surface area contributed by atoms with Crippen molar-refractivity contribution in [1.29, 1.82) is 0 Å². The van der Waals surface area contributed by atoms with Crippen LogP contribution in [-0.4, -0.2) is 25.7 Å². The van der Waals surface area contributed by atoms with Crippen LogP contribution in [0.4, 0.5) is 0 Å². The molecule has 0 radical (unpaired) electrons. The maximum Gasteiger partial charge on any atom is 0.315 e. The van der Waals surface area contributed by atoms with Gasteiger partial charge < -0.3 is 9.47 Å². The molecular weight excluding hydrogens is 316 g/mol. The van der Waals surface area contributed by atoms with Gasteiger partial charge in [0.05, 0.1) is 24.5 Å². The van der Waals surface area contributed by atoms with Crippen molar-refractivity contribution >= 4 is 11.9 Å². The molecule has 2 saturated carbocycles. The van der Waals surface area contributed by atoms with Gasteiger partial charge in [0.1, 0.15) is 0 Å². The Balaban J connectivity index is 0.000000150. The molecule has 138 valence electrons. The summed E-state index contributed by atoms with van der Waals surface area (Å²) in [5.74, 6) is 1.26. The lowest BCUT2D eigenvalue weighted by atomic mass is 9.88. The molecule has 0 aromatic carbocycles. The Morgan fingerprint density at radius 3 is 1.92 bits per heavy atom. The summed E-state index contributed by atoms with van der Waals surface area (Å²) in [6.45, 7) is 2.70. The van der Waals surface area contributed by atoms with Crippen LogP contribution >= 0.6 is 0 Å². The van der Waals surface area contributed by atoms with Crippen molar-refractivity contribution < 1.29 is 19.1 Å². The summed E-state index contributed by atoms with van der Waals surface area (Å²) in [7, 11) is 1.47. The molecule has 25 heavy (non-hydrogen) atoms. The minimum Gasteiger partial charge on any atom is -0.468 e. The molecule has 4 nitrogen and oxygen atoms in total. The largest absolute Gasteiger partial charge is 0.468 e. The predicted octanol–water partition coefficient (Wildman–Crippen LogP) is 4.20. The second kappa shape index (κ2) is 7.35. The predicted molar refractivity (Wildman–Crippen MR) is 95.7 cm³/mol. The lowest BCUT2D eigenvalue weighted by molar-refractivity contribution is -0.152. The fourth-order valence-corrected chi connectivity index (χ4v) is 4.66. The Hall–Kier alpha value is -1.58. The zero-order valence-corrected chi connectivity index (χ0v) is 15.5. The standard InChI is InChI=1S/C12H18O2.C9H12O2/c1-2-3-8-14-11(13)12-6-4-10(9-12)5-7-12;1-11-8(10)9-4-2-7(6-9)3-5-9/h4,6,10H,2-3,5,7-9H2,1H3;2,4,7H,3,5-6H2,1H3. The zero-order valence-electron chi connectivity index (χ0n) is 15.5. The van der Waals surface area contributed by atoms with Crippen LogP contribution in [0.1, 0.15) is 58.3 Å². The van der Waals surface area contributed by atoms with Gasteiger partial charge in [0.25, 0.3) is 0 Å². The topological polar surface area (TPSA) is 52.6 Å². The second-order valence-electron chi connectivity index (χ2n) is 8.02. The average molecular weight is 346 g/mol. The SMILES string of the molecule is CCCCOC(=O)C12C=CC(CC1)C2.COC(=O)C12C=CC(CC1)C2. The van der Waals surface area contributed by atoms with E-state index in [0.717, 1.165) is 44.9 Å². The van der Waals surface area contributed by atoms with Gasteiger partial charge in [-0.1, -0.05) is 37.6 Å². The number of methoxy groups -OCH3 is 1. The lowest BCUT2D eigenvalue weighted by Gasteiger charge is -2.20. The van der Waals surface area contributed by atoms with E-state index in [4.69, 9.17) is 9.47 Å². The van der Waals surface area contributed by atoms with Gasteiger partial charge in [-0.25, -0.2) is 0 Å². The molecule has 0 spiro atoms. The van der Waals surface area contributed by atoms with Crippen LogP contribution < -0.4 is 0 Å². The van der Waals surface area contributed by atoms with Gasteiger partial charge in [-0.2, -0.15) is 0 Å². The van der Waals surface area contributed by atoms with Crippen molar-refractivity contribution in [1.82, 2.24) is 0 Å². The first-order valence-corrected chi connectivity index (χ1v) is 9.68. The highest BCUT2D eigenvalue weighted by Gasteiger charge is 2.48. The van der Waals surface area contributed by atoms with E-state index < -0.39 is 0 Å². The molecule has 4 unspecified atom stereocenters. The van der Waals surface area contributed by atoms with E-state index in [0.29, 0.717) is 18.4 Å². The van der Waals surface area contributed by atoms with Gasteiger partial charge in [0, 0.05) is 0 Å². The maximum absolute atomic E-state index is 11.8. The van der Waals surface area contributed by atoms with E-state index in [2.05, 4.69) is 25.2 Å². The first-order chi connectivity index (χ1) is 12.0. The number of hydrogen-bond acceptors (Lipinski definition) is 4. The molecular formula is C21H30O4. The number of rotatable bonds is 5. The summed E-state index contributed by atoms with van der Waals surface area (Å²) in [5, 5.41) is 0. The molecule has 0 aromatic rings. The van der Waals surface area contributed by atoms with E-state index in [1.54, 1.807) is 0 Å². The van der Waals surface area contributed by atoms with Gasteiger partial charge in [0.2, 0.25) is 0 Å². The van der Waals surface area contributed by atoms with Crippen molar-refractivity contribution in [3.63, 3.8) is 0 Å². The van der Waals surface area contributed by atoms with Crippen LogP contribution in [0.3, 0.4) is 0 Å². The zero-order chi connectivity index (χ0) is 17.9. The number of ether oxygens (including phenoxy) is 2. The van der Waals surface area contributed by atoms with Crippen molar-refractivity contribution in [2.75, 3.05) is 13.7 Å². The molecule has 4 aliphatic rings. The Bertz CT molecular complexity index is 578. The summed E-state index contributed by atoms with van der Waals surface area (Å²) in [4.78, 5) is 23.1. The smallest absolute Gasteiger partial charge is 0.315 e. The van der Waals surface area contributed by atoms with Gasteiger partial charge in [-0.15, -0.1) is 0 Å². The monoisotopic (exact) mass is 346 g/mol. The Labute approximate surface area is 150 Å². The number of allylic oxidation sites excluding steroid dienone is 2. The Kier molecular flexibility index (Phi) is 5.35. The number of carbonyl (C=O) groups excluding carboxylic acids is 2. The van der Waals surface area contributed by atoms with Crippen molar-refractivity contribution in [3.8, 4) is 0 Å². The maximum atomic E-state index is 11.8. The van der Waals surface area contributed by atoms with Crippen LogP contribution in [0.15, 0.2) is 24.3 Å². The number of hydrogen-bond donors (Lipinski definition) is 0. The highest BCUT2D eigenvalue weighted by Crippen LogP contribution is 2.50. The van der Waals surface area contributed by atoms with Gasteiger partial charge in [-0.05, 0) is 56.8 Å². The molecule has 0 amide bonds. The Morgan fingerprint density at radius 1 is 1.00 bits per heavy atom. The number of esters is 2. The van der Waals surface area contributed by atoms with Crippen molar-refractivity contribution in [2.24, 2.45) is 22.7 Å². The summed E-state index contributed by atoms with van der Waals surface area (Å²) in [6.07, 6.45) is 16.8. The quantitative estimate of drug-likeness (QED) is 0.425. The van der Waals surface area contributed by atoms with Crippen LogP contribution in [0.2, 0.25) is 0 Å². The Morgan fingerprint density at radius 2 is 1.56 bits per heavy atom. The molecule has 0 N–H and O–H groups in total. The molecule has 0 aliphatic heterocycles. The van der Waals surface area contributed by atoms with E-state index in [-0.39, 0.29) is 22.8 Å². The molecule has 4 rings (SSSR count). The number of carbonyl (C=O) groups is 2. The first kappa shape index (κ1) is 18.2. The normalized spacial score (nSPS) is 36.2. The van der Waals surface area contributed by atoms with Gasteiger partial charge in [-0.3, -0.25) is 9.59 Å². The highest BCUT2D eigenvalue weighted by atomic mass is 16.5. The minimum atomic E-state index is -0.224. The van der Waals surface area contributed by atoms with Gasteiger partial charge in [0.15, 0.2) is 0 Å². The minimum absolute atomic E-state index is 0.0159. The summed E-state index contributed by atoms with van der Waals surface area (Å²) >= 11 is 0. The van der Waals surface area contributed by atoms with Crippen LogP contribution in [0, 0.1) is 22.7 Å². The molecule has 0 aromatic heterocycles. The molecule has 4 heteroatoms. The van der Waals surface area contributed by atoms with E-state index in [1.165, 1.54) is 13.5 Å². The third-order valence-electron chi connectivity index (χ3n) is 6.28. The van der Waals surface area contributed by atoms with E-state index >= 15 is 0 Å². The summed E-state index contributed by atoms with van der Waals surface area (Å²) in [6, 6.07) is 0. The number of fused-ring (bicyclic) bond motifs is 4. The fraction of sp³-hybridized carbons (Fsp3) is 0.714. The van der Waals surface area contributed by atoms with Crippen LogP contribution in [0.25, 0.3) is 0 Å². The molecule has 4 bridgehead atoms. The lowest BCUT2D eigenvalue weighted by Crippen LogP contribution is -2.27. The molecule has 2 fully saturated rings. The molecule has 4 atom stereocenters. The molecule has 0 saturated heterocycles. The van der Waals surface area contributed by atoms with Gasteiger partial charge >= 0.3 is 11.9 Å². The summed E-state index contributed by atoms with van der Waals surface area (Å²) < 4.78 is 10.1. The summed E-state index contributed by atoms with van der Waals surface area (Å²) in [5.41, 5.74) is -0.447. The molecule has 4 aliphatic carbocycles. The third kappa shape index (κ3) is 3.54. The molecule has 0 heterocycles. The van der Waals surface area contributed by atoms with E-state index in [1.807, 2.05) is 6.08 Å². The van der Waals surface area contributed by atoms with Crippen LogP contribution in [-0.2, 0) is 19.1 Å².